The molecule has 0 saturated carbocycles. The minimum atomic E-state index is -1.26. The summed E-state index contributed by atoms with van der Waals surface area (Å²) in [5.74, 6) is -1.81. The average molecular weight is 355 g/mol. The molecule has 7 heteroatoms. The van der Waals surface area contributed by atoms with Gasteiger partial charge in [0.1, 0.15) is 5.82 Å². The second kappa shape index (κ2) is 6.90. The number of carboxylic acid groups (broad SMARTS) is 1. The predicted molar refractivity (Wildman–Crippen MR) is 92.6 cm³/mol. The molecule has 1 saturated heterocycles. The van der Waals surface area contributed by atoms with Crippen molar-refractivity contribution < 1.29 is 19.1 Å². The number of hydrogen-bond donors (Lipinski definition) is 0. The van der Waals surface area contributed by atoms with Crippen LogP contribution in [-0.4, -0.2) is 29.0 Å². The van der Waals surface area contributed by atoms with Gasteiger partial charge in [-0.3, -0.25) is 9.69 Å². The van der Waals surface area contributed by atoms with Crippen molar-refractivity contribution in [3.05, 3.63) is 70.4 Å². The maximum atomic E-state index is 13.0. The van der Waals surface area contributed by atoms with E-state index in [1.807, 2.05) is 0 Å². The van der Waals surface area contributed by atoms with E-state index in [0.29, 0.717) is 21.3 Å². The normalized spacial score (nSPS) is 17.5. The lowest BCUT2D eigenvalue weighted by Gasteiger charge is -2.07. The van der Waals surface area contributed by atoms with Crippen LogP contribution in [0, 0.1) is 5.82 Å². The molecule has 1 heterocycles. The van der Waals surface area contributed by atoms with Crippen molar-refractivity contribution in [1.82, 2.24) is 4.90 Å². The summed E-state index contributed by atoms with van der Waals surface area (Å²) in [6.07, 6.45) is 1.67. The van der Waals surface area contributed by atoms with Gasteiger partial charge in [-0.25, -0.2) is 9.38 Å². The summed E-state index contributed by atoms with van der Waals surface area (Å²) in [6.45, 7) is 0. The van der Waals surface area contributed by atoms with Crippen molar-refractivity contribution in [1.29, 1.82) is 0 Å². The quantitative estimate of drug-likeness (QED) is 0.793. The number of hydrogen-bond acceptors (Lipinski definition) is 5. The second-order valence-corrected chi connectivity index (χ2v) is 6.26. The first-order valence-corrected chi connectivity index (χ1v) is 8.09. The van der Waals surface area contributed by atoms with Crippen molar-refractivity contribution in [2.24, 2.45) is 4.99 Å². The first kappa shape index (κ1) is 16.9. The molecule has 1 amide bonds. The monoisotopic (exact) mass is 355 g/mol. The van der Waals surface area contributed by atoms with Gasteiger partial charge in [-0.05, 0) is 53.2 Å². The van der Waals surface area contributed by atoms with Crippen LogP contribution < -0.4 is 5.11 Å². The number of nitrogens with zero attached hydrogens (tertiary/aromatic N) is 2. The molecule has 5 nitrogen and oxygen atoms in total. The number of carbonyl (C=O) groups excluding carboxylic acids is 2. The van der Waals surface area contributed by atoms with E-state index in [4.69, 9.17) is 0 Å². The van der Waals surface area contributed by atoms with Crippen molar-refractivity contribution in [2.45, 2.75) is 0 Å². The fourth-order valence-corrected chi connectivity index (χ4v) is 3.13. The van der Waals surface area contributed by atoms with Crippen LogP contribution in [0.25, 0.3) is 6.08 Å². The molecule has 2 aromatic carbocycles. The molecular weight excluding hydrogens is 343 g/mol. The first-order chi connectivity index (χ1) is 11.9. The lowest BCUT2D eigenvalue weighted by atomic mass is 10.2. The molecule has 0 aromatic heterocycles. The summed E-state index contributed by atoms with van der Waals surface area (Å²) in [4.78, 5) is 29.3. The Morgan fingerprint density at radius 1 is 1.16 bits per heavy atom. The number of benzene rings is 2. The van der Waals surface area contributed by atoms with Crippen LogP contribution in [0.1, 0.15) is 15.9 Å². The Balaban J connectivity index is 1.85. The highest BCUT2D eigenvalue weighted by Crippen LogP contribution is 2.33. The largest absolute Gasteiger partial charge is 0.545 e. The summed E-state index contributed by atoms with van der Waals surface area (Å²) < 4.78 is 13.0. The van der Waals surface area contributed by atoms with E-state index in [0.717, 1.165) is 0 Å². The van der Waals surface area contributed by atoms with Crippen molar-refractivity contribution in [3.63, 3.8) is 0 Å². The Morgan fingerprint density at radius 3 is 2.40 bits per heavy atom. The number of amides is 1. The maximum absolute atomic E-state index is 13.0. The number of aromatic carboxylic acids is 1. The predicted octanol–water partition coefficient (Wildman–Crippen LogP) is 2.42. The molecule has 0 spiro atoms. The number of rotatable bonds is 3. The van der Waals surface area contributed by atoms with Gasteiger partial charge >= 0.3 is 0 Å². The van der Waals surface area contributed by atoms with Gasteiger partial charge < -0.3 is 9.90 Å². The van der Waals surface area contributed by atoms with Crippen molar-refractivity contribution in [3.8, 4) is 0 Å². The standard InChI is InChI=1S/C18H13FN2O3S/c1-21-16(22)15(10-11-2-6-13(19)7-3-11)25-18(21)20-14-8-4-12(5-9-14)17(23)24/h2-10H,1H3,(H,23,24)/p-1/b15-10-,20-18?. The van der Waals surface area contributed by atoms with Crippen LogP contribution in [0.2, 0.25) is 0 Å². The third-order valence-corrected chi connectivity index (χ3v) is 4.56. The number of likely N-dealkylation sites (N-methyl/N-ethyl adjacent to an activating group) is 1. The molecule has 0 atom stereocenters. The Morgan fingerprint density at radius 2 is 1.80 bits per heavy atom. The maximum Gasteiger partial charge on any atom is 0.266 e. The van der Waals surface area contributed by atoms with E-state index >= 15 is 0 Å². The molecule has 25 heavy (non-hydrogen) atoms. The van der Waals surface area contributed by atoms with Crippen LogP contribution in [0.15, 0.2) is 58.4 Å². The molecule has 3 rings (SSSR count). The van der Waals surface area contributed by atoms with E-state index in [1.54, 1.807) is 37.4 Å². The Labute approximate surface area is 147 Å². The first-order valence-electron chi connectivity index (χ1n) is 7.27. The molecule has 0 aliphatic carbocycles. The van der Waals surface area contributed by atoms with Gasteiger partial charge in [-0.2, -0.15) is 0 Å². The Bertz CT molecular complexity index is 890. The van der Waals surface area contributed by atoms with E-state index < -0.39 is 5.97 Å². The van der Waals surface area contributed by atoms with Gasteiger partial charge in [0.05, 0.1) is 16.6 Å². The lowest BCUT2D eigenvalue weighted by Crippen LogP contribution is -2.23. The minimum absolute atomic E-state index is 0.0596. The summed E-state index contributed by atoms with van der Waals surface area (Å²) in [7, 11) is 1.61. The molecule has 0 N–H and O–H groups in total. The van der Waals surface area contributed by atoms with Gasteiger partial charge in [0.15, 0.2) is 5.17 Å². The van der Waals surface area contributed by atoms with Gasteiger partial charge in [-0.1, -0.05) is 24.3 Å². The molecule has 0 unspecified atom stereocenters. The number of halogens is 1. The number of thioether (sulfide) groups is 1. The van der Waals surface area contributed by atoms with E-state index in [9.17, 15) is 19.1 Å². The number of carbonyl (C=O) groups is 2. The zero-order valence-corrected chi connectivity index (χ0v) is 13.9. The fourth-order valence-electron chi connectivity index (χ4n) is 2.14. The van der Waals surface area contributed by atoms with Gasteiger partial charge in [0.2, 0.25) is 0 Å². The summed E-state index contributed by atoms with van der Waals surface area (Å²) in [5.41, 5.74) is 1.30. The van der Waals surface area contributed by atoms with Crippen LogP contribution in [-0.2, 0) is 4.79 Å². The molecule has 1 aliphatic heterocycles. The number of aliphatic imine (C=N–C) groups is 1. The van der Waals surface area contributed by atoms with Gasteiger partial charge in [0, 0.05) is 7.05 Å². The highest BCUT2D eigenvalue weighted by atomic mass is 32.2. The molecule has 126 valence electrons. The third-order valence-electron chi connectivity index (χ3n) is 3.50. The average Bonchev–Trinajstić information content (AvgIpc) is 2.85. The molecule has 1 fully saturated rings. The number of amidine groups is 1. The van der Waals surface area contributed by atoms with Crippen LogP contribution in [0.5, 0.6) is 0 Å². The van der Waals surface area contributed by atoms with Crippen LogP contribution >= 0.6 is 11.8 Å². The third kappa shape index (κ3) is 3.77. The minimum Gasteiger partial charge on any atom is -0.545 e. The lowest BCUT2D eigenvalue weighted by molar-refractivity contribution is -0.255. The number of carboxylic acids is 1. The fraction of sp³-hybridized carbons (Fsp3) is 0.0556. The zero-order valence-electron chi connectivity index (χ0n) is 13.1. The smallest absolute Gasteiger partial charge is 0.266 e. The Hall–Kier alpha value is -2.93. The van der Waals surface area contributed by atoms with Gasteiger partial charge in [0.25, 0.3) is 5.91 Å². The summed E-state index contributed by atoms with van der Waals surface area (Å²) in [6, 6.07) is 11.7. The topological polar surface area (TPSA) is 72.8 Å². The van der Waals surface area contributed by atoms with E-state index in [-0.39, 0.29) is 17.3 Å². The molecular formula is C18H12FN2O3S-. The Kier molecular flexibility index (Phi) is 4.67. The molecule has 2 aromatic rings. The van der Waals surface area contributed by atoms with Crippen LogP contribution in [0.4, 0.5) is 10.1 Å². The van der Waals surface area contributed by atoms with Crippen molar-refractivity contribution >= 4 is 40.6 Å². The highest BCUT2D eigenvalue weighted by molar-refractivity contribution is 8.18. The van der Waals surface area contributed by atoms with E-state index in [1.165, 1.54) is 40.9 Å². The highest BCUT2D eigenvalue weighted by Gasteiger charge is 2.30. The van der Waals surface area contributed by atoms with E-state index in [2.05, 4.69) is 4.99 Å². The zero-order chi connectivity index (χ0) is 18.0. The molecule has 0 bridgehead atoms. The summed E-state index contributed by atoms with van der Waals surface area (Å²) in [5, 5.41) is 11.2. The molecule has 1 aliphatic rings. The SMILES string of the molecule is CN1C(=O)/C(=C/c2ccc(F)cc2)SC1=Nc1ccc(C(=O)[O-])cc1. The van der Waals surface area contributed by atoms with Gasteiger partial charge in [-0.15, -0.1) is 0 Å². The second-order valence-electron chi connectivity index (χ2n) is 5.26. The van der Waals surface area contributed by atoms with Crippen LogP contribution in [0.3, 0.4) is 0 Å². The summed E-state index contributed by atoms with van der Waals surface area (Å²) >= 11 is 1.20. The molecule has 0 radical (unpaired) electrons. The van der Waals surface area contributed by atoms with Crippen molar-refractivity contribution in [2.75, 3.05) is 7.05 Å².